The first-order valence-electron chi connectivity index (χ1n) is 8.76. The summed E-state index contributed by atoms with van der Waals surface area (Å²) < 4.78 is 43.1. The number of nitrogens with zero attached hydrogens (tertiary/aromatic N) is 4. The summed E-state index contributed by atoms with van der Waals surface area (Å²) in [5.74, 6) is 1.45. The summed E-state index contributed by atoms with van der Waals surface area (Å²) in [5.41, 5.74) is -0.181. The molecule has 0 amide bonds. The summed E-state index contributed by atoms with van der Waals surface area (Å²) in [6, 6.07) is 4.78. The number of halogens is 3. The van der Waals surface area contributed by atoms with Gasteiger partial charge >= 0.3 is 6.18 Å². The summed E-state index contributed by atoms with van der Waals surface area (Å²) >= 11 is 0. The number of rotatable bonds is 5. The third kappa shape index (κ3) is 4.82. The standard InChI is InChI=1S/C18H23F3N4O/c1-13(2)11-24-7-9-25(10-8-24)12-16-22-17(23-26-16)14-3-5-15(6-4-14)18(19,20)21/h3-6,13H,7-12H2,1-2H3. The van der Waals surface area contributed by atoms with Crippen molar-refractivity contribution in [3.8, 4) is 11.4 Å². The lowest BCUT2D eigenvalue weighted by Gasteiger charge is -2.34. The van der Waals surface area contributed by atoms with Gasteiger partial charge < -0.3 is 9.42 Å². The van der Waals surface area contributed by atoms with Gasteiger partial charge in [-0.15, -0.1) is 0 Å². The van der Waals surface area contributed by atoms with Gasteiger partial charge in [0.25, 0.3) is 0 Å². The number of benzene rings is 1. The Morgan fingerprint density at radius 3 is 2.23 bits per heavy atom. The van der Waals surface area contributed by atoms with Crippen LogP contribution in [0.1, 0.15) is 25.3 Å². The fraction of sp³-hybridized carbons (Fsp3) is 0.556. The molecule has 1 aromatic carbocycles. The van der Waals surface area contributed by atoms with E-state index in [4.69, 9.17) is 4.52 Å². The number of alkyl halides is 3. The highest BCUT2D eigenvalue weighted by molar-refractivity contribution is 5.54. The van der Waals surface area contributed by atoms with Crippen molar-refractivity contribution in [2.45, 2.75) is 26.6 Å². The molecule has 2 aromatic rings. The molecule has 1 aromatic heterocycles. The maximum absolute atomic E-state index is 12.6. The van der Waals surface area contributed by atoms with Crippen LogP contribution in [0.25, 0.3) is 11.4 Å². The normalized spacial score (nSPS) is 17.2. The fourth-order valence-electron chi connectivity index (χ4n) is 3.08. The number of aromatic nitrogens is 2. The number of hydrogen-bond acceptors (Lipinski definition) is 5. The minimum absolute atomic E-state index is 0.312. The van der Waals surface area contributed by atoms with Crippen LogP contribution in [0.5, 0.6) is 0 Å². The molecule has 0 radical (unpaired) electrons. The molecule has 0 atom stereocenters. The first-order valence-corrected chi connectivity index (χ1v) is 8.76. The van der Waals surface area contributed by atoms with Gasteiger partial charge in [0.05, 0.1) is 12.1 Å². The molecular formula is C18H23F3N4O. The summed E-state index contributed by atoms with van der Waals surface area (Å²) in [7, 11) is 0. The second-order valence-corrected chi connectivity index (χ2v) is 7.06. The molecule has 0 bridgehead atoms. The van der Waals surface area contributed by atoms with Crippen LogP contribution in [-0.2, 0) is 12.7 Å². The van der Waals surface area contributed by atoms with Crippen molar-refractivity contribution in [2.75, 3.05) is 32.7 Å². The summed E-state index contributed by atoms with van der Waals surface area (Å²) in [4.78, 5) is 9.02. The monoisotopic (exact) mass is 368 g/mol. The fourth-order valence-corrected chi connectivity index (χ4v) is 3.08. The van der Waals surface area contributed by atoms with Crippen molar-refractivity contribution in [3.05, 3.63) is 35.7 Å². The average Bonchev–Trinajstić information content (AvgIpc) is 3.04. The molecule has 1 aliphatic rings. The molecule has 2 heterocycles. The van der Waals surface area contributed by atoms with Crippen molar-refractivity contribution in [3.63, 3.8) is 0 Å². The summed E-state index contributed by atoms with van der Waals surface area (Å²) in [6.45, 7) is 9.99. The number of piperazine rings is 1. The molecule has 1 aliphatic heterocycles. The molecule has 0 N–H and O–H groups in total. The Morgan fingerprint density at radius 2 is 1.65 bits per heavy atom. The van der Waals surface area contributed by atoms with Crippen molar-refractivity contribution >= 4 is 0 Å². The molecule has 1 fully saturated rings. The largest absolute Gasteiger partial charge is 0.416 e. The molecule has 1 saturated heterocycles. The van der Waals surface area contributed by atoms with Crippen LogP contribution in [-0.4, -0.2) is 52.7 Å². The zero-order chi connectivity index (χ0) is 18.7. The lowest BCUT2D eigenvalue weighted by atomic mass is 10.1. The lowest BCUT2D eigenvalue weighted by Crippen LogP contribution is -2.46. The zero-order valence-electron chi connectivity index (χ0n) is 15.0. The van der Waals surface area contributed by atoms with Crippen molar-refractivity contribution in [1.29, 1.82) is 0 Å². The molecule has 142 valence electrons. The molecular weight excluding hydrogens is 345 g/mol. The van der Waals surface area contributed by atoms with Crippen LogP contribution in [0, 0.1) is 5.92 Å². The summed E-state index contributed by atoms with van der Waals surface area (Å²) in [6.07, 6.45) is -4.35. The maximum Gasteiger partial charge on any atom is 0.416 e. The van der Waals surface area contributed by atoms with Gasteiger partial charge in [-0.2, -0.15) is 18.2 Å². The molecule has 0 unspecified atom stereocenters. The van der Waals surface area contributed by atoms with Crippen LogP contribution in [0.4, 0.5) is 13.2 Å². The SMILES string of the molecule is CC(C)CN1CCN(Cc2nc(-c3ccc(C(F)(F)F)cc3)no2)CC1. The van der Waals surface area contributed by atoms with Gasteiger partial charge in [0.1, 0.15) is 0 Å². The number of hydrogen-bond donors (Lipinski definition) is 0. The van der Waals surface area contributed by atoms with Crippen LogP contribution in [0.15, 0.2) is 28.8 Å². The molecule has 0 aliphatic carbocycles. The second kappa shape index (κ2) is 7.75. The van der Waals surface area contributed by atoms with Gasteiger partial charge in [-0.3, -0.25) is 4.90 Å². The van der Waals surface area contributed by atoms with Gasteiger partial charge in [0, 0.05) is 38.3 Å². The first-order chi connectivity index (χ1) is 12.3. The summed E-state index contributed by atoms with van der Waals surface area (Å²) in [5, 5.41) is 3.89. The molecule has 0 spiro atoms. The predicted octanol–water partition coefficient (Wildman–Crippen LogP) is 3.53. The van der Waals surface area contributed by atoms with E-state index < -0.39 is 11.7 Å². The van der Waals surface area contributed by atoms with Crippen molar-refractivity contribution in [1.82, 2.24) is 19.9 Å². The van der Waals surface area contributed by atoms with Crippen LogP contribution < -0.4 is 0 Å². The van der Waals surface area contributed by atoms with Crippen molar-refractivity contribution < 1.29 is 17.7 Å². The van der Waals surface area contributed by atoms with E-state index in [1.807, 2.05) is 0 Å². The highest BCUT2D eigenvalue weighted by Gasteiger charge is 2.30. The van der Waals surface area contributed by atoms with E-state index in [0.717, 1.165) is 44.9 Å². The molecule has 5 nitrogen and oxygen atoms in total. The third-order valence-electron chi connectivity index (χ3n) is 4.39. The first kappa shape index (κ1) is 18.8. The van der Waals surface area contributed by atoms with Crippen LogP contribution in [0.2, 0.25) is 0 Å². The van der Waals surface area contributed by atoms with E-state index in [0.29, 0.717) is 29.7 Å². The van der Waals surface area contributed by atoms with Crippen LogP contribution in [0.3, 0.4) is 0 Å². The topological polar surface area (TPSA) is 45.4 Å². The van der Waals surface area contributed by atoms with Gasteiger partial charge in [0.2, 0.25) is 11.7 Å². The lowest BCUT2D eigenvalue weighted by molar-refractivity contribution is -0.137. The predicted molar refractivity (Wildman–Crippen MR) is 91.3 cm³/mol. The molecule has 3 rings (SSSR count). The van der Waals surface area contributed by atoms with E-state index in [1.54, 1.807) is 0 Å². The van der Waals surface area contributed by atoms with Gasteiger partial charge in [-0.05, 0) is 18.1 Å². The average molecular weight is 368 g/mol. The zero-order valence-corrected chi connectivity index (χ0v) is 15.0. The highest BCUT2D eigenvalue weighted by atomic mass is 19.4. The quantitative estimate of drug-likeness (QED) is 0.808. The Bertz CT molecular complexity index is 704. The van der Waals surface area contributed by atoms with E-state index >= 15 is 0 Å². The van der Waals surface area contributed by atoms with E-state index in [1.165, 1.54) is 12.1 Å². The molecule has 8 heteroatoms. The Kier molecular flexibility index (Phi) is 5.62. The second-order valence-electron chi connectivity index (χ2n) is 7.06. The van der Waals surface area contributed by atoms with Crippen molar-refractivity contribution in [2.24, 2.45) is 5.92 Å². The minimum Gasteiger partial charge on any atom is -0.338 e. The van der Waals surface area contributed by atoms with Gasteiger partial charge in [0.15, 0.2) is 0 Å². The van der Waals surface area contributed by atoms with E-state index in [9.17, 15) is 13.2 Å². The smallest absolute Gasteiger partial charge is 0.338 e. The third-order valence-corrected chi connectivity index (χ3v) is 4.39. The van der Waals surface area contributed by atoms with E-state index in [2.05, 4.69) is 33.8 Å². The Hall–Kier alpha value is -1.93. The highest BCUT2D eigenvalue weighted by Crippen LogP contribution is 2.30. The molecule has 0 saturated carbocycles. The Labute approximate surface area is 150 Å². The van der Waals surface area contributed by atoms with Crippen LogP contribution >= 0.6 is 0 Å². The Morgan fingerprint density at radius 1 is 1.04 bits per heavy atom. The van der Waals surface area contributed by atoms with Gasteiger partial charge in [-0.25, -0.2) is 0 Å². The molecule has 26 heavy (non-hydrogen) atoms. The maximum atomic E-state index is 12.6. The minimum atomic E-state index is -4.35. The van der Waals surface area contributed by atoms with Gasteiger partial charge in [-0.1, -0.05) is 31.1 Å². The Balaban J connectivity index is 1.57. The van der Waals surface area contributed by atoms with E-state index in [-0.39, 0.29) is 0 Å².